The molecular formula is C16H17N3O4S. The average Bonchev–Trinajstić information content (AvgIpc) is 3.19. The number of aromatic nitrogens is 2. The van der Waals surface area contributed by atoms with Crippen LogP contribution < -0.4 is 5.56 Å². The number of aryl methyl sites for hydroxylation is 1. The molecule has 1 amide bonds. The minimum atomic E-state index is -0.846. The number of hydrogen-bond acceptors (Lipinski definition) is 5. The number of rotatable bonds is 2. The number of nitrogens with zero attached hydrogens (tertiary/aromatic N) is 3. The first-order chi connectivity index (χ1) is 11.4. The molecule has 8 heteroatoms. The molecule has 7 nitrogen and oxygen atoms in total. The van der Waals surface area contributed by atoms with E-state index in [2.05, 4.69) is 4.98 Å². The van der Waals surface area contributed by atoms with Crippen molar-refractivity contribution in [3.63, 3.8) is 0 Å². The zero-order valence-corrected chi connectivity index (χ0v) is 14.0. The van der Waals surface area contributed by atoms with Crippen molar-refractivity contribution in [2.45, 2.75) is 26.2 Å². The first-order valence-electron chi connectivity index (χ1n) is 7.92. The van der Waals surface area contributed by atoms with Crippen LogP contribution >= 0.6 is 11.3 Å². The van der Waals surface area contributed by atoms with E-state index in [-0.39, 0.29) is 23.6 Å². The van der Waals surface area contributed by atoms with Crippen molar-refractivity contribution in [1.82, 2.24) is 14.3 Å². The molecule has 2 aliphatic rings. The van der Waals surface area contributed by atoms with Crippen LogP contribution in [-0.2, 0) is 4.79 Å². The fourth-order valence-corrected chi connectivity index (χ4v) is 4.96. The average molecular weight is 347 g/mol. The molecule has 0 radical (unpaired) electrons. The third-order valence-corrected chi connectivity index (χ3v) is 6.39. The maximum absolute atomic E-state index is 12.8. The fourth-order valence-electron chi connectivity index (χ4n) is 4.14. The molecule has 2 aromatic rings. The van der Waals surface area contributed by atoms with Crippen molar-refractivity contribution in [2.24, 2.45) is 11.3 Å². The zero-order valence-electron chi connectivity index (χ0n) is 13.2. The molecule has 1 saturated heterocycles. The van der Waals surface area contributed by atoms with Gasteiger partial charge in [-0.3, -0.25) is 18.8 Å². The van der Waals surface area contributed by atoms with Gasteiger partial charge in [0.25, 0.3) is 11.5 Å². The summed E-state index contributed by atoms with van der Waals surface area (Å²) in [5, 5.41) is 11.5. The van der Waals surface area contributed by atoms with Crippen LogP contribution in [0.2, 0.25) is 0 Å². The van der Waals surface area contributed by atoms with E-state index >= 15 is 0 Å². The Balaban J connectivity index is 1.71. The van der Waals surface area contributed by atoms with E-state index in [1.807, 2.05) is 5.38 Å². The minimum absolute atomic E-state index is 0.00881. The van der Waals surface area contributed by atoms with E-state index in [0.29, 0.717) is 17.9 Å². The second kappa shape index (κ2) is 5.14. The van der Waals surface area contributed by atoms with Crippen LogP contribution in [0.3, 0.4) is 0 Å². The van der Waals surface area contributed by atoms with Crippen molar-refractivity contribution in [3.8, 4) is 0 Å². The summed E-state index contributed by atoms with van der Waals surface area (Å²) in [4.78, 5) is 43.5. The molecule has 1 aliphatic carbocycles. The summed E-state index contributed by atoms with van der Waals surface area (Å²) in [5.74, 6) is -1.27. The number of amides is 1. The number of carboxylic acids is 1. The first kappa shape index (κ1) is 15.3. The van der Waals surface area contributed by atoms with Gasteiger partial charge < -0.3 is 10.0 Å². The van der Waals surface area contributed by atoms with Gasteiger partial charge in [0, 0.05) is 30.4 Å². The van der Waals surface area contributed by atoms with Gasteiger partial charge in [-0.25, -0.2) is 4.98 Å². The maximum atomic E-state index is 12.8. The van der Waals surface area contributed by atoms with Crippen molar-refractivity contribution in [3.05, 3.63) is 33.2 Å². The number of carbonyl (C=O) groups is 2. The Labute approximate surface area is 141 Å². The second-order valence-corrected chi connectivity index (χ2v) is 7.54. The number of likely N-dealkylation sites (tertiary alicyclic amines) is 1. The minimum Gasteiger partial charge on any atom is -0.481 e. The molecule has 0 unspecified atom stereocenters. The van der Waals surface area contributed by atoms with Crippen LogP contribution in [0, 0.1) is 18.3 Å². The standard InChI is InChI=1S/C16H17N3O4S/c1-9-7-24-15-17-5-11(13(21)19(9)15)12(20)18-6-10-3-2-4-16(10,8-18)14(22)23/h5,7,10H,2-4,6,8H2,1H3,(H,22,23)/t10-,16+/m0/s1. The van der Waals surface area contributed by atoms with Gasteiger partial charge >= 0.3 is 5.97 Å². The molecule has 2 atom stereocenters. The van der Waals surface area contributed by atoms with Crippen LogP contribution in [0.15, 0.2) is 16.4 Å². The number of hydrogen-bond donors (Lipinski definition) is 1. The van der Waals surface area contributed by atoms with Crippen LogP contribution in [-0.4, -0.2) is 44.4 Å². The Hall–Kier alpha value is -2.22. The lowest BCUT2D eigenvalue weighted by Gasteiger charge is -2.23. The molecule has 2 aromatic heterocycles. The fraction of sp³-hybridized carbons (Fsp3) is 0.500. The Bertz CT molecular complexity index is 918. The van der Waals surface area contributed by atoms with Gasteiger partial charge in [0.05, 0.1) is 5.41 Å². The van der Waals surface area contributed by atoms with E-state index in [0.717, 1.165) is 18.5 Å². The van der Waals surface area contributed by atoms with Crippen molar-refractivity contribution >= 4 is 28.2 Å². The number of carboxylic acid groups (broad SMARTS) is 1. The van der Waals surface area contributed by atoms with Crippen LogP contribution in [0.5, 0.6) is 0 Å². The van der Waals surface area contributed by atoms with Crippen LogP contribution in [0.4, 0.5) is 0 Å². The highest BCUT2D eigenvalue weighted by Gasteiger charge is 2.56. The summed E-state index contributed by atoms with van der Waals surface area (Å²) in [6, 6.07) is 0. The molecule has 3 heterocycles. The van der Waals surface area contributed by atoms with Gasteiger partial charge in [-0.1, -0.05) is 6.42 Å². The number of carbonyl (C=O) groups excluding carboxylic acids is 1. The summed E-state index contributed by atoms with van der Waals surface area (Å²) in [7, 11) is 0. The van der Waals surface area contributed by atoms with Crippen LogP contribution in [0.25, 0.3) is 4.96 Å². The number of thiazole rings is 1. The Morgan fingerprint density at radius 3 is 2.96 bits per heavy atom. The quantitative estimate of drug-likeness (QED) is 0.886. The van der Waals surface area contributed by atoms with E-state index in [1.165, 1.54) is 26.8 Å². The van der Waals surface area contributed by atoms with Gasteiger partial charge in [-0.05, 0) is 25.7 Å². The molecule has 0 bridgehead atoms. The summed E-state index contributed by atoms with van der Waals surface area (Å²) in [6.07, 6.45) is 3.60. The van der Waals surface area contributed by atoms with Crippen molar-refractivity contribution < 1.29 is 14.7 Å². The molecule has 24 heavy (non-hydrogen) atoms. The lowest BCUT2D eigenvalue weighted by atomic mass is 9.81. The molecule has 0 spiro atoms. The Kier molecular flexibility index (Phi) is 3.28. The lowest BCUT2D eigenvalue weighted by Crippen LogP contribution is -2.39. The third kappa shape index (κ3) is 1.95. The van der Waals surface area contributed by atoms with E-state index in [1.54, 1.807) is 6.92 Å². The lowest BCUT2D eigenvalue weighted by molar-refractivity contribution is -0.149. The highest BCUT2D eigenvalue weighted by molar-refractivity contribution is 7.15. The molecule has 1 saturated carbocycles. The maximum Gasteiger partial charge on any atom is 0.311 e. The summed E-state index contributed by atoms with van der Waals surface area (Å²) in [6.45, 7) is 2.37. The smallest absolute Gasteiger partial charge is 0.311 e. The monoisotopic (exact) mass is 347 g/mol. The largest absolute Gasteiger partial charge is 0.481 e. The number of aliphatic carboxylic acids is 1. The van der Waals surface area contributed by atoms with E-state index in [4.69, 9.17) is 0 Å². The Morgan fingerprint density at radius 1 is 1.46 bits per heavy atom. The first-order valence-corrected chi connectivity index (χ1v) is 8.80. The summed E-state index contributed by atoms with van der Waals surface area (Å²) in [5.41, 5.74) is -0.482. The summed E-state index contributed by atoms with van der Waals surface area (Å²) < 4.78 is 1.43. The van der Waals surface area contributed by atoms with Crippen molar-refractivity contribution in [1.29, 1.82) is 0 Å². The van der Waals surface area contributed by atoms with Gasteiger partial charge in [0.15, 0.2) is 4.96 Å². The predicted molar refractivity (Wildman–Crippen MR) is 87.4 cm³/mol. The van der Waals surface area contributed by atoms with Gasteiger partial charge in [0.2, 0.25) is 0 Å². The molecule has 1 aliphatic heterocycles. The number of fused-ring (bicyclic) bond motifs is 2. The van der Waals surface area contributed by atoms with E-state index < -0.39 is 17.3 Å². The zero-order chi connectivity index (χ0) is 17.1. The molecular weight excluding hydrogens is 330 g/mol. The van der Waals surface area contributed by atoms with Gasteiger partial charge in [-0.15, -0.1) is 11.3 Å². The third-order valence-electron chi connectivity index (χ3n) is 5.43. The molecule has 2 fully saturated rings. The summed E-state index contributed by atoms with van der Waals surface area (Å²) >= 11 is 1.35. The molecule has 4 rings (SSSR count). The van der Waals surface area contributed by atoms with Crippen molar-refractivity contribution in [2.75, 3.05) is 13.1 Å². The molecule has 0 aromatic carbocycles. The highest BCUT2D eigenvalue weighted by Crippen LogP contribution is 2.49. The highest BCUT2D eigenvalue weighted by atomic mass is 32.1. The van der Waals surface area contributed by atoms with Gasteiger partial charge in [-0.2, -0.15) is 0 Å². The molecule has 126 valence electrons. The molecule has 1 N–H and O–H groups in total. The SMILES string of the molecule is Cc1csc2ncc(C(=O)N3C[C@@H]4CCC[C@@]4(C(=O)O)C3)c(=O)n12. The second-order valence-electron chi connectivity index (χ2n) is 6.71. The topological polar surface area (TPSA) is 92.0 Å². The van der Waals surface area contributed by atoms with E-state index in [9.17, 15) is 19.5 Å². The van der Waals surface area contributed by atoms with Crippen LogP contribution in [0.1, 0.15) is 35.3 Å². The van der Waals surface area contributed by atoms with Gasteiger partial charge in [0.1, 0.15) is 5.56 Å². The Morgan fingerprint density at radius 2 is 2.25 bits per heavy atom. The predicted octanol–water partition coefficient (Wildman–Crippen LogP) is 1.39. The normalized spacial score (nSPS) is 26.0.